The third-order valence-electron chi connectivity index (χ3n) is 2.45. The summed E-state index contributed by atoms with van der Waals surface area (Å²) >= 11 is 0. The molecule has 0 atom stereocenters. The van der Waals surface area contributed by atoms with Crippen LogP contribution in [0.1, 0.15) is 16.2 Å². The maximum atomic E-state index is 13.1. The molecule has 0 saturated carbocycles. The number of aromatic nitrogens is 3. The largest absolute Gasteiger partial charge is 0.344 e. The van der Waals surface area contributed by atoms with Crippen molar-refractivity contribution >= 4 is 11.6 Å². The minimum absolute atomic E-state index is 0.00661. The van der Waals surface area contributed by atoms with Crippen LogP contribution in [0.4, 0.5) is 10.1 Å². The summed E-state index contributed by atoms with van der Waals surface area (Å²) < 4.78 is 14.6. The number of hydrogen-bond donors (Lipinski definition) is 1. The molecule has 0 aliphatic heterocycles. The lowest BCUT2D eigenvalue weighted by Gasteiger charge is -2.04. The van der Waals surface area contributed by atoms with E-state index in [9.17, 15) is 19.3 Å². The molecule has 0 aliphatic carbocycles. The average Bonchev–Trinajstić information content (AvgIpc) is 2.81. The van der Waals surface area contributed by atoms with Crippen LogP contribution in [0.2, 0.25) is 0 Å². The van der Waals surface area contributed by atoms with Gasteiger partial charge >= 0.3 is 0 Å². The molecule has 104 valence electrons. The summed E-state index contributed by atoms with van der Waals surface area (Å²) in [5, 5.41) is 17.1. The van der Waals surface area contributed by atoms with Crippen LogP contribution in [0.15, 0.2) is 24.5 Å². The molecule has 0 bridgehead atoms. The van der Waals surface area contributed by atoms with Crippen LogP contribution in [-0.2, 0) is 13.6 Å². The fraction of sp³-hybridized carbons (Fsp3) is 0.182. The van der Waals surface area contributed by atoms with Crippen LogP contribution >= 0.6 is 0 Å². The summed E-state index contributed by atoms with van der Waals surface area (Å²) in [6.07, 6.45) is 1.45. The van der Waals surface area contributed by atoms with Gasteiger partial charge in [-0.2, -0.15) is 5.10 Å². The molecule has 9 heteroatoms. The summed E-state index contributed by atoms with van der Waals surface area (Å²) in [5.41, 5.74) is -0.802. The first kappa shape index (κ1) is 13.6. The Labute approximate surface area is 112 Å². The van der Waals surface area contributed by atoms with Crippen molar-refractivity contribution < 1.29 is 14.1 Å². The number of nitro benzene ring substituents is 1. The number of halogens is 1. The predicted molar refractivity (Wildman–Crippen MR) is 65.2 cm³/mol. The number of carbonyl (C=O) groups excluding carboxylic acids is 1. The molecule has 8 nitrogen and oxygen atoms in total. The summed E-state index contributed by atoms with van der Waals surface area (Å²) in [4.78, 5) is 25.8. The highest BCUT2D eigenvalue weighted by atomic mass is 19.1. The Bertz CT molecular complexity index is 670. The first-order chi connectivity index (χ1) is 9.47. The van der Waals surface area contributed by atoms with Crippen LogP contribution in [0.3, 0.4) is 0 Å². The van der Waals surface area contributed by atoms with Crippen molar-refractivity contribution in [2.75, 3.05) is 0 Å². The molecule has 2 aromatic rings. The van der Waals surface area contributed by atoms with Gasteiger partial charge in [0.15, 0.2) is 5.82 Å². The lowest BCUT2D eigenvalue weighted by molar-refractivity contribution is -0.385. The number of benzene rings is 1. The van der Waals surface area contributed by atoms with Gasteiger partial charge in [0.25, 0.3) is 11.6 Å². The second-order valence-electron chi connectivity index (χ2n) is 3.94. The molecule has 0 saturated heterocycles. The second-order valence-corrected chi connectivity index (χ2v) is 3.94. The van der Waals surface area contributed by atoms with Gasteiger partial charge < -0.3 is 5.32 Å². The standard InChI is InChI=1S/C11H10FN5O3/c1-16-6-14-10(15-16)5-13-11(18)8-4-7(12)2-3-9(8)17(19)20/h2-4,6H,5H2,1H3,(H,13,18). The van der Waals surface area contributed by atoms with Crippen LogP contribution in [0.5, 0.6) is 0 Å². The Morgan fingerprint density at radius 3 is 2.90 bits per heavy atom. The molecule has 1 amide bonds. The maximum absolute atomic E-state index is 13.1. The van der Waals surface area contributed by atoms with E-state index in [1.165, 1.54) is 11.0 Å². The van der Waals surface area contributed by atoms with Gasteiger partial charge in [-0.25, -0.2) is 9.37 Å². The topological polar surface area (TPSA) is 103 Å². The first-order valence-corrected chi connectivity index (χ1v) is 5.54. The monoisotopic (exact) mass is 279 g/mol. The fourth-order valence-electron chi connectivity index (χ4n) is 1.57. The number of nitro groups is 1. The average molecular weight is 279 g/mol. The highest BCUT2D eigenvalue weighted by Crippen LogP contribution is 2.19. The van der Waals surface area contributed by atoms with Crippen LogP contribution in [-0.4, -0.2) is 25.6 Å². The zero-order valence-electron chi connectivity index (χ0n) is 10.4. The number of rotatable bonds is 4. The minimum atomic E-state index is -0.761. The van der Waals surface area contributed by atoms with Gasteiger partial charge in [0.1, 0.15) is 17.7 Å². The van der Waals surface area contributed by atoms with E-state index in [1.54, 1.807) is 7.05 Å². The van der Waals surface area contributed by atoms with E-state index in [0.29, 0.717) is 5.82 Å². The summed E-state index contributed by atoms with van der Waals surface area (Å²) in [6, 6.07) is 2.69. The Morgan fingerprint density at radius 2 is 2.30 bits per heavy atom. The van der Waals surface area contributed by atoms with Gasteiger partial charge in [-0.05, 0) is 12.1 Å². The quantitative estimate of drug-likeness (QED) is 0.658. The van der Waals surface area contributed by atoms with Gasteiger partial charge in [0.05, 0.1) is 11.5 Å². The Hall–Kier alpha value is -2.84. The van der Waals surface area contributed by atoms with Crippen molar-refractivity contribution in [3.63, 3.8) is 0 Å². The second kappa shape index (κ2) is 5.43. The van der Waals surface area contributed by atoms with Gasteiger partial charge in [-0.15, -0.1) is 0 Å². The van der Waals surface area contributed by atoms with Crippen LogP contribution in [0, 0.1) is 15.9 Å². The molecule has 1 heterocycles. The molecular weight excluding hydrogens is 269 g/mol. The number of hydrogen-bond acceptors (Lipinski definition) is 5. The van der Waals surface area contributed by atoms with Crippen LogP contribution in [0.25, 0.3) is 0 Å². The van der Waals surface area contributed by atoms with E-state index in [0.717, 1.165) is 18.2 Å². The maximum Gasteiger partial charge on any atom is 0.282 e. The Balaban J connectivity index is 2.16. The zero-order chi connectivity index (χ0) is 14.7. The molecule has 0 aliphatic rings. The number of carbonyl (C=O) groups is 1. The molecular formula is C11H10FN5O3. The molecule has 0 unspecified atom stereocenters. The van der Waals surface area contributed by atoms with E-state index in [2.05, 4.69) is 15.4 Å². The number of nitrogens with zero attached hydrogens (tertiary/aromatic N) is 4. The first-order valence-electron chi connectivity index (χ1n) is 5.54. The molecule has 0 radical (unpaired) electrons. The summed E-state index contributed by atoms with van der Waals surface area (Å²) in [6.45, 7) is -0.00661. The van der Waals surface area contributed by atoms with E-state index in [4.69, 9.17) is 0 Å². The van der Waals surface area contributed by atoms with E-state index < -0.39 is 22.3 Å². The molecule has 2 rings (SSSR count). The van der Waals surface area contributed by atoms with Gasteiger partial charge in [-0.3, -0.25) is 19.6 Å². The normalized spacial score (nSPS) is 10.3. The van der Waals surface area contributed by atoms with Crippen molar-refractivity contribution in [2.24, 2.45) is 7.05 Å². The van der Waals surface area contributed by atoms with E-state index in [-0.39, 0.29) is 12.1 Å². The zero-order valence-corrected chi connectivity index (χ0v) is 10.4. The molecule has 20 heavy (non-hydrogen) atoms. The summed E-state index contributed by atoms with van der Waals surface area (Å²) in [7, 11) is 1.66. The Morgan fingerprint density at radius 1 is 1.55 bits per heavy atom. The molecule has 1 N–H and O–H groups in total. The Kier molecular flexibility index (Phi) is 3.69. The fourth-order valence-corrected chi connectivity index (χ4v) is 1.57. The van der Waals surface area contributed by atoms with Gasteiger partial charge in [0, 0.05) is 13.1 Å². The number of amides is 1. The molecule has 1 aromatic heterocycles. The minimum Gasteiger partial charge on any atom is -0.344 e. The predicted octanol–water partition coefficient (Wildman–Crippen LogP) is 0.792. The van der Waals surface area contributed by atoms with E-state index >= 15 is 0 Å². The smallest absolute Gasteiger partial charge is 0.282 e. The van der Waals surface area contributed by atoms with Gasteiger partial charge in [0.2, 0.25) is 0 Å². The molecule has 1 aromatic carbocycles. The van der Waals surface area contributed by atoms with Crippen molar-refractivity contribution in [1.82, 2.24) is 20.1 Å². The third kappa shape index (κ3) is 2.94. The lowest BCUT2D eigenvalue weighted by atomic mass is 10.1. The third-order valence-corrected chi connectivity index (χ3v) is 2.45. The van der Waals surface area contributed by atoms with Crippen molar-refractivity contribution in [3.8, 4) is 0 Å². The van der Waals surface area contributed by atoms with Crippen LogP contribution < -0.4 is 5.32 Å². The highest BCUT2D eigenvalue weighted by molar-refractivity contribution is 5.98. The number of nitrogens with one attached hydrogen (secondary N) is 1. The van der Waals surface area contributed by atoms with E-state index in [1.807, 2.05) is 0 Å². The van der Waals surface area contributed by atoms with Crippen molar-refractivity contribution in [3.05, 3.63) is 51.8 Å². The lowest BCUT2D eigenvalue weighted by Crippen LogP contribution is -2.24. The molecule has 0 fully saturated rings. The van der Waals surface area contributed by atoms with Crippen molar-refractivity contribution in [2.45, 2.75) is 6.54 Å². The SMILES string of the molecule is Cn1cnc(CNC(=O)c2cc(F)ccc2[N+](=O)[O-])n1. The van der Waals surface area contributed by atoms with Gasteiger partial charge in [-0.1, -0.05) is 0 Å². The highest BCUT2D eigenvalue weighted by Gasteiger charge is 2.20. The summed E-state index contributed by atoms with van der Waals surface area (Å²) in [5.74, 6) is -1.14. The number of aryl methyl sites for hydroxylation is 1. The molecule has 0 spiro atoms. The van der Waals surface area contributed by atoms with Crippen molar-refractivity contribution in [1.29, 1.82) is 0 Å².